The van der Waals surface area contributed by atoms with Gasteiger partial charge in [-0.05, 0) is 42.0 Å². The molecule has 34 heavy (non-hydrogen) atoms. The maximum atomic E-state index is 15.8. The lowest BCUT2D eigenvalue weighted by Gasteiger charge is -2.30. The van der Waals surface area contributed by atoms with Gasteiger partial charge in [-0.2, -0.15) is 0 Å². The number of hydrogen-bond donors (Lipinski definition) is 1. The smallest absolute Gasteiger partial charge is 0.270 e. The molecule has 1 fully saturated rings. The molecule has 1 aromatic carbocycles. The number of fused-ring (bicyclic) bond motifs is 1. The van der Waals surface area contributed by atoms with Gasteiger partial charge in [0.05, 0.1) is 10.5 Å². The highest BCUT2D eigenvalue weighted by atomic mass is 32.1. The number of H-pyrrole nitrogens is 1. The fraction of sp³-hybridized carbons (Fsp3) is 0.423. The molecule has 0 aliphatic carbocycles. The normalized spacial score (nSPS) is 16.2. The summed E-state index contributed by atoms with van der Waals surface area (Å²) < 4.78 is 15.8. The van der Waals surface area contributed by atoms with Crippen molar-refractivity contribution in [2.75, 3.05) is 26.2 Å². The largest absolute Gasteiger partial charge is 0.348 e. The van der Waals surface area contributed by atoms with Crippen molar-refractivity contribution >= 4 is 39.6 Å². The molecule has 0 radical (unpaired) electrons. The van der Waals surface area contributed by atoms with Crippen molar-refractivity contribution in [3.05, 3.63) is 57.4 Å². The van der Waals surface area contributed by atoms with Gasteiger partial charge in [0.15, 0.2) is 5.82 Å². The Bertz CT molecular complexity index is 1260. The highest BCUT2D eigenvalue weighted by Crippen LogP contribution is 2.35. The van der Waals surface area contributed by atoms with Crippen LogP contribution in [0.2, 0.25) is 0 Å². The molecule has 0 spiro atoms. The first-order valence-electron chi connectivity index (χ1n) is 11.9. The summed E-state index contributed by atoms with van der Waals surface area (Å²) in [7, 11) is 0. The summed E-state index contributed by atoms with van der Waals surface area (Å²) in [6.07, 6.45) is 6.51. The van der Waals surface area contributed by atoms with Gasteiger partial charge in [0.25, 0.3) is 5.91 Å². The van der Waals surface area contributed by atoms with Crippen molar-refractivity contribution in [3.63, 3.8) is 0 Å². The molecule has 1 saturated heterocycles. The Morgan fingerprint density at radius 3 is 2.71 bits per heavy atom. The number of benzene rings is 1. The summed E-state index contributed by atoms with van der Waals surface area (Å²) in [5.41, 5.74) is 3.14. The molecule has 5 rings (SSSR count). The standard InChI is InChI=1S/C26H29FN4O2S/c1-16(2)18-13-19(24(27)25-20(18)14-21(29-25)26(33)30-10-4-11-30)17-5-3-9-31(15-17)23(32)7-6-22-28-8-12-34-22/h5,8,12-14,16,29H,3-4,6-7,9-11,15H2,1-2H3. The molecule has 2 amide bonds. The Morgan fingerprint density at radius 2 is 2.03 bits per heavy atom. The van der Waals surface area contributed by atoms with Crippen LogP contribution in [0.3, 0.4) is 0 Å². The highest BCUT2D eigenvalue weighted by Gasteiger charge is 2.27. The molecule has 0 saturated carbocycles. The Morgan fingerprint density at radius 1 is 1.21 bits per heavy atom. The van der Waals surface area contributed by atoms with Crippen LogP contribution in [0.4, 0.5) is 4.39 Å². The van der Waals surface area contributed by atoms with E-state index in [1.54, 1.807) is 28.5 Å². The van der Waals surface area contributed by atoms with Crippen LogP contribution in [0.15, 0.2) is 29.8 Å². The molecule has 2 aliphatic heterocycles. The van der Waals surface area contributed by atoms with Crippen molar-refractivity contribution in [3.8, 4) is 0 Å². The molecule has 2 aromatic heterocycles. The van der Waals surface area contributed by atoms with Crippen LogP contribution in [-0.2, 0) is 11.2 Å². The Hall–Kier alpha value is -3.00. The molecule has 1 N–H and O–H groups in total. The Kier molecular flexibility index (Phi) is 6.25. The highest BCUT2D eigenvalue weighted by molar-refractivity contribution is 7.09. The van der Waals surface area contributed by atoms with Gasteiger partial charge in [-0.25, -0.2) is 9.37 Å². The first-order valence-corrected chi connectivity index (χ1v) is 12.8. The van der Waals surface area contributed by atoms with Crippen LogP contribution in [-0.4, -0.2) is 57.8 Å². The van der Waals surface area contributed by atoms with E-state index in [1.165, 1.54) is 0 Å². The molecule has 6 nitrogen and oxygen atoms in total. The quantitative estimate of drug-likeness (QED) is 0.541. The van der Waals surface area contributed by atoms with Gasteiger partial charge in [0.2, 0.25) is 5.91 Å². The van der Waals surface area contributed by atoms with E-state index in [0.29, 0.717) is 49.1 Å². The van der Waals surface area contributed by atoms with Gasteiger partial charge in [-0.15, -0.1) is 11.3 Å². The fourth-order valence-electron chi connectivity index (χ4n) is 4.70. The van der Waals surface area contributed by atoms with Crippen molar-refractivity contribution in [1.82, 2.24) is 19.8 Å². The van der Waals surface area contributed by atoms with Crippen molar-refractivity contribution in [2.45, 2.75) is 45.4 Å². The number of amides is 2. The summed E-state index contributed by atoms with van der Waals surface area (Å²) in [6.45, 7) is 6.67. The van der Waals surface area contributed by atoms with E-state index in [2.05, 4.69) is 23.8 Å². The first-order chi connectivity index (χ1) is 16.4. The van der Waals surface area contributed by atoms with Crippen LogP contribution in [0.5, 0.6) is 0 Å². The van der Waals surface area contributed by atoms with Gasteiger partial charge < -0.3 is 14.8 Å². The summed E-state index contributed by atoms with van der Waals surface area (Å²) in [5, 5.41) is 3.62. The number of carbonyl (C=O) groups is 2. The van der Waals surface area contributed by atoms with Crippen molar-refractivity contribution < 1.29 is 14.0 Å². The van der Waals surface area contributed by atoms with Gasteiger partial charge in [0, 0.05) is 61.5 Å². The van der Waals surface area contributed by atoms with Crippen molar-refractivity contribution in [2.24, 2.45) is 0 Å². The van der Waals surface area contributed by atoms with Crippen LogP contribution < -0.4 is 0 Å². The van der Waals surface area contributed by atoms with Gasteiger partial charge in [0.1, 0.15) is 5.69 Å². The summed E-state index contributed by atoms with van der Waals surface area (Å²) in [4.78, 5) is 36.5. The lowest BCUT2D eigenvalue weighted by molar-refractivity contribution is -0.130. The number of aromatic nitrogens is 2. The van der Waals surface area contributed by atoms with E-state index in [-0.39, 0.29) is 23.5 Å². The number of aryl methyl sites for hydroxylation is 1. The van der Waals surface area contributed by atoms with Crippen molar-refractivity contribution in [1.29, 1.82) is 0 Å². The van der Waals surface area contributed by atoms with E-state index in [4.69, 9.17) is 0 Å². The van der Waals surface area contributed by atoms with Crippen LogP contribution in [0.1, 0.15) is 65.7 Å². The average Bonchev–Trinajstić information content (AvgIpc) is 3.47. The van der Waals surface area contributed by atoms with Crippen LogP contribution in [0.25, 0.3) is 16.5 Å². The number of rotatable bonds is 6. The third kappa shape index (κ3) is 4.27. The molecular formula is C26H29FN4O2S. The second kappa shape index (κ2) is 9.33. The number of aromatic amines is 1. The Balaban J connectivity index is 1.43. The minimum atomic E-state index is -0.356. The minimum absolute atomic E-state index is 0.0636. The van der Waals surface area contributed by atoms with E-state index in [1.807, 2.05) is 22.4 Å². The molecule has 0 bridgehead atoms. The zero-order valence-corrected chi connectivity index (χ0v) is 20.4. The average molecular weight is 481 g/mol. The van der Waals surface area contributed by atoms with E-state index >= 15 is 4.39 Å². The molecular weight excluding hydrogens is 451 g/mol. The predicted molar refractivity (Wildman–Crippen MR) is 132 cm³/mol. The van der Waals surface area contributed by atoms with E-state index < -0.39 is 0 Å². The molecule has 4 heterocycles. The lowest BCUT2D eigenvalue weighted by atomic mass is 9.92. The number of halogens is 1. The zero-order chi connectivity index (χ0) is 23.8. The molecule has 0 atom stereocenters. The van der Waals surface area contributed by atoms with Gasteiger partial charge in [-0.1, -0.05) is 19.9 Å². The van der Waals surface area contributed by atoms with Crippen LogP contribution >= 0.6 is 11.3 Å². The molecule has 178 valence electrons. The maximum absolute atomic E-state index is 15.8. The number of hydrogen-bond acceptors (Lipinski definition) is 4. The topological polar surface area (TPSA) is 69.3 Å². The lowest BCUT2D eigenvalue weighted by Crippen LogP contribution is -2.42. The third-order valence-corrected chi connectivity index (χ3v) is 7.61. The Labute approximate surface area is 202 Å². The molecule has 8 heteroatoms. The number of carbonyl (C=O) groups excluding carboxylic acids is 2. The predicted octanol–water partition coefficient (Wildman–Crippen LogP) is 4.98. The second-order valence-corrected chi connectivity index (χ2v) is 10.3. The monoisotopic (exact) mass is 480 g/mol. The second-order valence-electron chi connectivity index (χ2n) is 9.36. The minimum Gasteiger partial charge on any atom is -0.348 e. The van der Waals surface area contributed by atoms with Gasteiger partial charge in [-0.3, -0.25) is 9.59 Å². The van der Waals surface area contributed by atoms with Crippen LogP contribution in [0, 0.1) is 5.82 Å². The maximum Gasteiger partial charge on any atom is 0.270 e. The third-order valence-electron chi connectivity index (χ3n) is 6.77. The zero-order valence-electron chi connectivity index (χ0n) is 19.6. The van der Waals surface area contributed by atoms with E-state index in [0.717, 1.165) is 41.0 Å². The first kappa shape index (κ1) is 22.8. The fourth-order valence-corrected chi connectivity index (χ4v) is 5.32. The summed E-state index contributed by atoms with van der Waals surface area (Å²) in [5.74, 6) is -0.212. The summed E-state index contributed by atoms with van der Waals surface area (Å²) in [6, 6.07) is 3.70. The SMILES string of the molecule is CC(C)c1cc(C2=CCCN(C(=O)CCc3nccs3)C2)c(F)c2[nH]c(C(=O)N3CCC3)cc12. The molecule has 3 aromatic rings. The number of nitrogens with one attached hydrogen (secondary N) is 1. The van der Waals surface area contributed by atoms with E-state index in [9.17, 15) is 9.59 Å². The number of likely N-dealkylation sites (tertiary alicyclic amines) is 1. The molecule has 2 aliphatic rings. The molecule has 0 unspecified atom stereocenters. The summed E-state index contributed by atoms with van der Waals surface area (Å²) >= 11 is 1.55. The van der Waals surface area contributed by atoms with Gasteiger partial charge >= 0.3 is 0 Å². The number of thiazole rings is 1. The number of nitrogens with zero attached hydrogens (tertiary/aromatic N) is 3.